The van der Waals surface area contributed by atoms with Crippen molar-refractivity contribution in [3.8, 4) is 0 Å². The fourth-order valence-electron chi connectivity index (χ4n) is 0.704. The summed E-state index contributed by atoms with van der Waals surface area (Å²) in [5, 5.41) is 8.92. The molecule has 0 radical (unpaired) electrons. The van der Waals surface area contributed by atoms with E-state index < -0.39 is 5.79 Å². The molecule has 1 unspecified atom stereocenters. The van der Waals surface area contributed by atoms with Gasteiger partial charge in [-0.25, -0.2) is 0 Å². The molecule has 1 aliphatic rings. The number of ketones is 1. The van der Waals surface area contributed by atoms with Gasteiger partial charge in [-0.15, -0.1) is 0 Å². The minimum Gasteiger partial charge on any atom is -0.365 e. The molecule has 0 aromatic rings. The standard InChI is InChI=1S/C5H8O3/c1-5(7)2-4(6)3-8-5/h7H,2-3H2,1H3. The molecule has 1 heterocycles. The zero-order chi connectivity index (χ0) is 6.20. The highest BCUT2D eigenvalue weighted by Gasteiger charge is 2.32. The summed E-state index contributed by atoms with van der Waals surface area (Å²) < 4.78 is 4.66. The van der Waals surface area contributed by atoms with Crippen molar-refractivity contribution in [3.63, 3.8) is 0 Å². The number of Topliss-reactive ketones (excluding diaryl/α,β-unsaturated/α-hetero) is 1. The van der Waals surface area contributed by atoms with E-state index >= 15 is 0 Å². The zero-order valence-corrected chi connectivity index (χ0v) is 4.68. The minimum atomic E-state index is -1.18. The van der Waals surface area contributed by atoms with Crippen molar-refractivity contribution < 1.29 is 14.6 Å². The molecule has 1 atom stereocenters. The lowest BCUT2D eigenvalue weighted by Gasteiger charge is -2.11. The predicted octanol–water partition coefficient (Wildman–Crippen LogP) is -0.316. The Labute approximate surface area is 47.3 Å². The highest BCUT2D eigenvalue weighted by molar-refractivity contribution is 5.82. The lowest BCUT2D eigenvalue weighted by Crippen LogP contribution is -2.21. The van der Waals surface area contributed by atoms with Gasteiger partial charge in [0.15, 0.2) is 11.6 Å². The molecule has 1 fully saturated rings. The number of ether oxygens (including phenoxy) is 1. The quantitative estimate of drug-likeness (QED) is 0.472. The number of carbonyl (C=O) groups excluding carboxylic acids is 1. The van der Waals surface area contributed by atoms with Gasteiger partial charge in [0.25, 0.3) is 0 Å². The molecule has 0 aromatic heterocycles. The van der Waals surface area contributed by atoms with Crippen molar-refractivity contribution >= 4 is 5.78 Å². The van der Waals surface area contributed by atoms with Gasteiger partial charge in [0, 0.05) is 0 Å². The first-order chi connectivity index (χ1) is 3.60. The molecular weight excluding hydrogens is 108 g/mol. The number of hydrogen-bond acceptors (Lipinski definition) is 3. The smallest absolute Gasteiger partial charge is 0.170 e. The van der Waals surface area contributed by atoms with Gasteiger partial charge >= 0.3 is 0 Å². The van der Waals surface area contributed by atoms with Gasteiger partial charge < -0.3 is 9.84 Å². The maximum Gasteiger partial charge on any atom is 0.170 e. The molecule has 3 nitrogen and oxygen atoms in total. The molecular formula is C5H8O3. The summed E-state index contributed by atoms with van der Waals surface area (Å²) in [6.07, 6.45) is 0.132. The van der Waals surface area contributed by atoms with Crippen LogP contribution in [0.5, 0.6) is 0 Å². The summed E-state index contributed by atoms with van der Waals surface area (Å²) >= 11 is 0. The largest absolute Gasteiger partial charge is 0.365 e. The summed E-state index contributed by atoms with van der Waals surface area (Å²) in [7, 11) is 0. The van der Waals surface area contributed by atoms with Gasteiger partial charge in [-0.3, -0.25) is 4.79 Å². The Kier molecular flexibility index (Phi) is 1.10. The SMILES string of the molecule is CC1(O)CC(=O)CO1. The topological polar surface area (TPSA) is 46.5 Å². The summed E-state index contributed by atoms with van der Waals surface area (Å²) in [6, 6.07) is 0. The summed E-state index contributed by atoms with van der Waals surface area (Å²) in [4.78, 5) is 10.4. The molecule has 0 aromatic carbocycles. The van der Waals surface area contributed by atoms with Crippen LogP contribution in [0.25, 0.3) is 0 Å². The second-order valence-electron chi connectivity index (χ2n) is 2.18. The third-order valence-corrected chi connectivity index (χ3v) is 1.07. The Hall–Kier alpha value is -0.410. The van der Waals surface area contributed by atoms with E-state index in [4.69, 9.17) is 5.11 Å². The number of rotatable bonds is 0. The number of carbonyl (C=O) groups is 1. The Balaban J connectivity index is 2.56. The molecule has 0 spiro atoms. The van der Waals surface area contributed by atoms with Crippen molar-refractivity contribution in [2.24, 2.45) is 0 Å². The van der Waals surface area contributed by atoms with Crippen LogP contribution in [-0.4, -0.2) is 23.3 Å². The number of hydrogen-bond donors (Lipinski definition) is 1. The van der Waals surface area contributed by atoms with Gasteiger partial charge in [0.1, 0.15) is 6.61 Å². The fourth-order valence-corrected chi connectivity index (χ4v) is 0.704. The third kappa shape index (κ3) is 1.05. The van der Waals surface area contributed by atoms with Gasteiger partial charge in [0.05, 0.1) is 6.42 Å². The van der Waals surface area contributed by atoms with Crippen LogP contribution in [-0.2, 0) is 9.53 Å². The first-order valence-corrected chi connectivity index (χ1v) is 2.48. The lowest BCUT2D eigenvalue weighted by atomic mass is 10.2. The monoisotopic (exact) mass is 116 g/mol. The van der Waals surface area contributed by atoms with Crippen molar-refractivity contribution in [1.82, 2.24) is 0 Å². The van der Waals surface area contributed by atoms with E-state index in [2.05, 4.69) is 4.74 Å². The molecule has 0 aliphatic carbocycles. The van der Waals surface area contributed by atoms with E-state index in [1.165, 1.54) is 6.92 Å². The first-order valence-electron chi connectivity index (χ1n) is 2.48. The van der Waals surface area contributed by atoms with Crippen LogP contribution in [0.1, 0.15) is 13.3 Å². The van der Waals surface area contributed by atoms with E-state index in [0.717, 1.165) is 0 Å². The zero-order valence-electron chi connectivity index (χ0n) is 4.68. The number of aliphatic hydroxyl groups is 1. The average Bonchev–Trinajstić information content (AvgIpc) is 1.82. The lowest BCUT2D eigenvalue weighted by molar-refractivity contribution is -0.155. The van der Waals surface area contributed by atoms with Crippen molar-refractivity contribution in [2.75, 3.05) is 6.61 Å². The molecule has 1 saturated heterocycles. The van der Waals surface area contributed by atoms with Crippen molar-refractivity contribution in [2.45, 2.75) is 19.1 Å². The minimum absolute atomic E-state index is 0.0324. The normalized spacial score (nSPS) is 38.5. The summed E-state index contributed by atoms with van der Waals surface area (Å²) in [5.41, 5.74) is 0. The summed E-state index contributed by atoms with van der Waals surface area (Å²) in [6.45, 7) is 1.55. The molecule has 1 rings (SSSR count). The molecule has 1 aliphatic heterocycles. The highest BCUT2D eigenvalue weighted by Crippen LogP contribution is 2.17. The van der Waals surface area contributed by atoms with Gasteiger partial charge in [-0.05, 0) is 6.92 Å². The van der Waals surface area contributed by atoms with Crippen LogP contribution < -0.4 is 0 Å². The highest BCUT2D eigenvalue weighted by atomic mass is 16.6. The molecule has 3 heteroatoms. The van der Waals surface area contributed by atoms with Crippen LogP contribution in [0.2, 0.25) is 0 Å². The second kappa shape index (κ2) is 1.53. The predicted molar refractivity (Wildman–Crippen MR) is 26.2 cm³/mol. The van der Waals surface area contributed by atoms with Gasteiger partial charge in [-0.2, -0.15) is 0 Å². The first kappa shape index (κ1) is 5.72. The molecule has 8 heavy (non-hydrogen) atoms. The molecule has 0 amide bonds. The Morgan fingerprint density at radius 1 is 1.88 bits per heavy atom. The third-order valence-electron chi connectivity index (χ3n) is 1.07. The maximum atomic E-state index is 10.4. The fraction of sp³-hybridized carbons (Fsp3) is 0.800. The second-order valence-corrected chi connectivity index (χ2v) is 2.18. The molecule has 1 N–H and O–H groups in total. The average molecular weight is 116 g/mol. The summed E-state index contributed by atoms with van der Waals surface area (Å²) in [5.74, 6) is -1.22. The van der Waals surface area contributed by atoms with E-state index in [1.807, 2.05) is 0 Å². The van der Waals surface area contributed by atoms with E-state index in [-0.39, 0.29) is 18.8 Å². The van der Waals surface area contributed by atoms with Gasteiger partial charge in [-0.1, -0.05) is 0 Å². The van der Waals surface area contributed by atoms with Crippen LogP contribution in [0, 0.1) is 0 Å². The van der Waals surface area contributed by atoms with Crippen LogP contribution >= 0.6 is 0 Å². The van der Waals surface area contributed by atoms with E-state index in [9.17, 15) is 4.79 Å². The van der Waals surface area contributed by atoms with Gasteiger partial charge in [0.2, 0.25) is 0 Å². The maximum absolute atomic E-state index is 10.4. The van der Waals surface area contributed by atoms with Crippen LogP contribution in [0.4, 0.5) is 0 Å². The Morgan fingerprint density at radius 3 is 2.62 bits per heavy atom. The van der Waals surface area contributed by atoms with Crippen LogP contribution in [0.15, 0.2) is 0 Å². The molecule has 0 saturated carbocycles. The van der Waals surface area contributed by atoms with E-state index in [0.29, 0.717) is 0 Å². The van der Waals surface area contributed by atoms with Crippen molar-refractivity contribution in [1.29, 1.82) is 0 Å². The Bertz CT molecular complexity index is 117. The Morgan fingerprint density at radius 2 is 2.50 bits per heavy atom. The van der Waals surface area contributed by atoms with Crippen molar-refractivity contribution in [3.05, 3.63) is 0 Å². The molecule has 0 bridgehead atoms. The van der Waals surface area contributed by atoms with E-state index in [1.54, 1.807) is 0 Å². The van der Waals surface area contributed by atoms with Crippen LogP contribution in [0.3, 0.4) is 0 Å². The molecule has 46 valence electrons.